The van der Waals surface area contributed by atoms with Gasteiger partial charge in [-0.25, -0.2) is 9.78 Å². The van der Waals surface area contributed by atoms with Gasteiger partial charge in [0.05, 0.1) is 6.10 Å². The number of anilines is 1. The summed E-state index contributed by atoms with van der Waals surface area (Å²) >= 11 is 0. The molecule has 1 aliphatic heterocycles. The number of ether oxygens (including phenoxy) is 2. The van der Waals surface area contributed by atoms with Crippen LogP contribution in [-0.4, -0.2) is 44.4 Å². The lowest BCUT2D eigenvalue weighted by Gasteiger charge is -2.15. The third kappa shape index (κ3) is 3.06. The molecule has 2 rings (SSSR count). The molecule has 0 amide bonds. The molecule has 0 aliphatic carbocycles. The van der Waals surface area contributed by atoms with Gasteiger partial charge in [-0.1, -0.05) is 0 Å². The van der Waals surface area contributed by atoms with E-state index in [2.05, 4.69) is 9.97 Å². The smallest absolute Gasteiger partial charge is 0.354 e. The van der Waals surface area contributed by atoms with Crippen molar-refractivity contribution in [3.63, 3.8) is 0 Å². The van der Waals surface area contributed by atoms with Gasteiger partial charge in [0, 0.05) is 13.3 Å². The van der Waals surface area contributed by atoms with E-state index < -0.39 is 30.1 Å². The number of nitrogens with zero attached hydrogens (tertiary/aromatic N) is 3. The zero-order chi connectivity index (χ0) is 14.0. The van der Waals surface area contributed by atoms with Gasteiger partial charge in [0.1, 0.15) is 25.3 Å². The van der Waals surface area contributed by atoms with E-state index in [0.717, 1.165) is 4.57 Å². The monoisotopic (exact) mass is 270 g/mol. The number of aromatic nitrogens is 3. The molecule has 19 heavy (non-hydrogen) atoms. The van der Waals surface area contributed by atoms with Crippen LogP contribution < -0.4 is 11.4 Å². The van der Waals surface area contributed by atoms with Crippen LogP contribution in [0.1, 0.15) is 19.6 Å². The standard InChI is InChI=1S/C10H14N4O5/c1-5(15)18-3-7-6(16)2-8(19-7)14-4-12-9(11)13-10(14)17/h4,6-8,16H,2-3H2,1H3,(H2,11,13,17)/t6-,7+,8+/m0/s1. The van der Waals surface area contributed by atoms with Gasteiger partial charge >= 0.3 is 11.7 Å². The van der Waals surface area contributed by atoms with Crippen molar-refractivity contribution in [3.8, 4) is 0 Å². The van der Waals surface area contributed by atoms with Crippen LogP contribution in [0.5, 0.6) is 0 Å². The summed E-state index contributed by atoms with van der Waals surface area (Å²) in [6.45, 7) is 1.19. The highest BCUT2D eigenvalue weighted by molar-refractivity contribution is 5.65. The second-order valence-electron chi connectivity index (χ2n) is 4.14. The summed E-state index contributed by atoms with van der Waals surface area (Å²) in [5.41, 5.74) is 4.67. The second-order valence-corrected chi connectivity index (χ2v) is 4.14. The normalized spacial score (nSPS) is 26.3. The second kappa shape index (κ2) is 5.33. The molecule has 1 fully saturated rings. The van der Waals surface area contributed by atoms with E-state index in [-0.39, 0.29) is 19.0 Å². The fourth-order valence-electron chi connectivity index (χ4n) is 1.79. The predicted molar refractivity (Wildman–Crippen MR) is 61.9 cm³/mol. The van der Waals surface area contributed by atoms with Gasteiger partial charge in [-0.2, -0.15) is 4.98 Å². The van der Waals surface area contributed by atoms with Crippen LogP contribution in [0, 0.1) is 0 Å². The molecule has 0 saturated carbocycles. The van der Waals surface area contributed by atoms with Crippen molar-refractivity contribution in [1.82, 2.24) is 14.5 Å². The van der Waals surface area contributed by atoms with E-state index >= 15 is 0 Å². The number of nitrogens with two attached hydrogens (primary N) is 1. The van der Waals surface area contributed by atoms with E-state index in [9.17, 15) is 14.7 Å². The molecular weight excluding hydrogens is 256 g/mol. The van der Waals surface area contributed by atoms with E-state index in [1.807, 2.05) is 0 Å². The van der Waals surface area contributed by atoms with Crippen molar-refractivity contribution >= 4 is 11.9 Å². The average Bonchev–Trinajstić information content (AvgIpc) is 2.67. The summed E-state index contributed by atoms with van der Waals surface area (Å²) in [7, 11) is 0. The minimum absolute atomic E-state index is 0.0718. The summed E-state index contributed by atoms with van der Waals surface area (Å²) in [5, 5.41) is 9.78. The largest absolute Gasteiger partial charge is 0.463 e. The zero-order valence-electron chi connectivity index (χ0n) is 10.2. The van der Waals surface area contributed by atoms with Crippen molar-refractivity contribution in [3.05, 3.63) is 16.8 Å². The topological polar surface area (TPSA) is 130 Å². The third-order valence-electron chi connectivity index (χ3n) is 2.71. The lowest BCUT2D eigenvalue weighted by molar-refractivity contribution is -0.147. The summed E-state index contributed by atoms with van der Waals surface area (Å²) in [6, 6.07) is 0. The highest BCUT2D eigenvalue weighted by atomic mass is 16.6. The molecule has 0 aromatic carbocycles. The molecule has 104 valence electrons. The Hall–Kier alpha value is -2.00. The molecule has 9 nitrogen and oxygen atoms in total. The van der Waals surface area contributed by atoms with Crippen LogP contribution in [0.15, 0.2) is 11.1 Å². The fourth-order valence-corrected chi connectivity index (χ4v) is 1.79. The first-order valence-electron chi connectivity index (χ1n) is 5.65. The first-order chi connectivity index (χ1) is 8.97. The van der Waals surface area contributed by atoms with Gasteiger partial charge in [-0.05, 0) is 0 Å². The number of rotatable bonds is 3. The maximum absolute atomic E-state index is 11.6. The molecule has 1 aromatic rings. The predicted octanol–water partition coefficient (Wildman–Crippen LogP) is -1.57. The zero-order valence-corrected chi connectivity index (χ0v) is 10.2. The molecule has 1 aromatic heterocycles. The van der Waals surface area contributed by atoms with E-state index in [0.29, 0.717) is 0 Å². The van der Waals surface area contributed by atoms with Gasteiger partial charge in [-0.3, -0.25) is 9.36 Å². The Balaban J connectivity index is 2.07. The van der Waals surface area contributed by atoms with E-state index in [1.54, 1.807) is 0 Å². The fraction of sp³-hybridized carbons (Fsp3) is 0.600. The number of esters is 1. The van der Waals surface area contributed by atoms with Gasteiger partial charge in [0.2, 0.25) is 5.95 Å². The van der Waals surface area contributed by atoms with Gasteiger partial charge in [0.15, 0.2) is 0 Å². The van der Waals surface area contributed by atoms with Crippen LogP contribution >= 0.6 is 0 Å². The SMILES string of the molecule is CC(=O)OC[C@H]1O[C@@H](n2cnc(N)nc2=O)C[C@@H]1O. The number of carbonyl (C=O) groups excluding carboxylic acids is 1. The number of hydrogen-bond donors (Lipinski definition) is 2. The van der Waals surface area contributed by atoms with Crippen LogP contribution in [0.4, 0.5) is 5.95 Å². The van der Waals surface area contributed by atoms with Crippen LogP contribution in [0.25, 0.3) is 0 Å². The first-order valence-corrected chi connectivity index (χ1v) is 5.65. The van der Waals surface area contributed by atoms with Crippen molar-refractivity contribution in [1.29, 1.82) is 0 Å². The van der Waals surface area contributed by atoms with Crippen LogP contribution in [0.3, 0.4) is 0 Å². The Labute approximate surface area is 108 Å². The van der Waals surface area contributed by atoms with Gasteiger partial charge < -0.3 is 20.3 Å². The van der Waals surface area contributed by atoms with Crippen LogP contribution in [0.2, 0.25) is 0 Å². The highest BCUT2D eigenvalue weighted by Crippen LogP contribution is 2.27. The molecule has 1 saturated heterocycles. The Morgan fingerprint density at radius 1 is 1.74 bits per heavy atom. The van der Waals surface area contributed by atoms with Crippen molar-refractivity contribution < 1.29 is 19.4 Å². The Morgan fingerprint density at radius 3 is 3.11 bits per heavy atom. The quantitative estimate of drug-likeness (QED) is 0.630. The maximum atomic E-state index is 11.6. The number of hydrogen-bond acceptors (Lipinski definition) is 8. The van der Waals surface area contributed by atoms with E-state index in [4.69, 9.17) is 15.2 Å². The summed E-state index contributed by atoms with van der Waals surface area (Å²) < 4.78 is 11.3. The molecule has 0 unspecified atom stereocenters. The molecule has 0 spiro atoms. The number of nitrogen functional groups attached to an aromatic ring is 1. The highest BCUT2D eigenvalue weighted by Gasteiger charge is 2.36. The molecule has 2 heterocycles. The summed E-state index contributed by atoms with van der Waals surface area (Å²) in [5.74, 6) is -0.594. The number of aliphatic hydroxyl groups excluding tert-OH is 1. The van der Waals surface area contributed by atoms with Crippen LogP contribution in [-0.2, 0) is 14.3 Å². The van der Waals surface area contributed by atoms with E-state index in [1.165, 1.54) is 13.3 Å². The summed E-state index contributed by atoms with van der Waals surface area (Å²) in [4.78, 5) is 29.5. The van der Waals surface area contributed by atoms with Crippen molar-refractivity contribution in [2.75, 3.05) is 12.3 Å². The van der Waals surface area contributed by atoms with Crippen molar-refractivity contribution in [2.24, 2.45) is 0 Å². The third-order valence-corrected chi connectivity index (χ3v) is 2.71. The average molecular weight is 270 g/mol. The molecule has 9 heteroatoms. The molecular formula is C10H14N4O5. The summed E-state index contributed by atoms with van der Waals surface area (Å²) in [6.07, 6.45) is -0.842. The Bertz CT molecular complexity index is 531. The Morgan fingerprint density at radius 2 is 2.47 bits per heavy atom. The van der Waals surface area contributed by atoms with Crippen molar-refractivity contribution in [2.45, 2.75) is 31.8 Å². The minimum Gasteiger partial charge on any atom is -0.463 e. The lowest BCUT2D eigenvalue weighted by Crippen LogP contribution is -2.29. The number of carbonyl (C=O) groups is 1. The Kier molecular flexibility index (Phi) is 3.76. The van der Waals surface area contributed by atoms with Gasteiger partial charge in [0.25, 0.3) is 0 Å². The first kappa shape index (κ1) is 13.4. The number of aliphatic hydroxyl groups is 1. The van der Waals surface area contributed by atoms with Gasteiger partial charge in [-0.15, -0.1) is 0 Å². The molecule has 3 N–H and O–H groups in total. The lowest BCUT2D eigenvalue weighted by atomic mass is 10.2. The molecule has 0 radical (unpaired) electrons. The molecule has 0 bridgehead atoms. The minimum atomic E-state index is -0.839. The maximum Gasteiger partial charge on any atom is 0.354 e. The molecule has 3 atom stereocenters. The molecule has 1 aliphatic rings.